The molecule has 1 unspecified atom stereocenters. The Morgan fingerprint density at radius 1 is 0.294 bits per heavy atom. The molecule has 8 aromatic carbocycles. The fraction of sp³-hybridized carbons (Fsp3) is 0.0984. The van der Waals surface area contributed by atoms with E-state index in [2.05, 4.69) is 41.1 Å². The average molecular weight is 1170 g/mol. The van der Waals surface area contributed by atoms with E-state index < -0.39 is 58.6 Å². The van der Waals surface area contributed by atoms with Crippen LogP contribution in [0, 0.1) is 0 Å². The van der Waals surface area contributed by atoms with Crippen molar-refractivity contribution in [2.75, 3.05) is 0 Å². The van der Waals surface area contributed by atoms with E-state index in [9.17, 15) is 52.7 Å². The molecular formula is C61H34F12N8O4. The molecule has 1 atom stereocenters. The van der Waals surface area contributed by atoms with Crippen molar-refractivity contribution in [1.29, 1.82) is 0 Å². The second-order valence-electron chi connectivity index (χ2n) is 19.2. The first kappa shape index (κ1) is 55.2. The van der Waals surface area contributed by atoms with E-state index in [1.165, 1.54) is 48.5 Å². The highest BCUT2D eigenvalue weighted by Crippen LogP contribution is 2.48. The molecule has 0 spiro atoms. The summed E-state index contributed by atoms with van der Waals surface area (Å²) in [6.45, 7) is 0. The minimum absolute atomic E-state index is 0.0234. The molecule has 11 aromatic rings. The molecule has 12 nitrogen and oxygen atoms in total. The molecule has 24 heteroatoms. The van der Waals surface area contributed by atoms with Crippen molar-refractivity contribution in [3.05, 3.63) is 250 Å². The highest BCUT2D eigenvalue weighted by Gasteiger charge is 2.40. The Balaban J connectivity index is 0.969. The molecule has 85 heavy (non-hydrogen) atoms. The van der Waals surface area contributed by atoms with Crippen molar-refractivity contribution >= 4 is 5.90 Å². The van der Waals surface area contributed by atoms with Crippen LogP contribution in [0.5, 0.6) is 0 Å². The van der Waals surface area contributed by atoms with Crippen LogP contribution in [-0.2, 0) is 34.9 Å². The van der Waals surface area contributed by atoms with Gasteiger partial charge in [0.1, 0.15) is 0 Å². The van der Waals surface area contributed by atoms with Crippen LogP contribution in [0.1, 0.15) is 61.9 Å². The third kappa shape index (κ3) is 11.0. The van der Waals surface area contributed by atoms with E-state index in [0.717, 1.165) is 48.5 Å². The molecule has 1 aliphatic heterocycles. The Kier molecular flexibility index (Phi) is 13.7. The Hall–Kier alpha value is -10.4. The standard InChI is InChI=1S/C61H34F12N8O4/c62-58(63,64)45-9-1-5-37(29-45)53-78-74-49(82-53)33-13-21-41(22-14-33)57(42-23-15-34(16-24-42)50-75-79-54(83-50)38-6-2-10-46(30-38)59(65,66)67,43-25-17-35(18-26-43)51-76-80-55(84-51)39-7-3-11-47(31-39)60(68,69)70)44-27-19-36(20-28-44)52-77-81-56(85-52)40-8-4-12-48(32-40)61(71,72)73/h1-32,53,78H. The van der Waals surface area contributed by atoms with Crippen LogP contribution in [0.4, 0.5) is 52.7 Å². The number of ether oxygens (including phenoxy) is 1. The van der Waals surface area contributed by atoms with Gasteiger partial charge in [-0.1, -0.05) is 78.9 Å². The zero-order valence-corrected chi connectivity index (χ0v) is 42.9. The second kappa shape index (κ2) is 21.1. The Morgan fingerprint density at radius 2 is 0.576 bits per heavy atom. The smallest absolute Gasteiger partial charge is 0.416 e. The van der Waals surface area contributed by atoms with Crippen molar-refractivity contribution in [2.24, 2.45) is 5.10 Å². The lowest BCUT2D eigenvalue weighted by Gasteiger charge is -2.37. The highest BCUT2D eigenvalue weighted by atomic mass is 19.4. The van der Waals surface area contributed by atoms with Gasteiger partial charge in [-0.2, -0.15) is 52.7 Å². The quantitative estimate of drug-likeness (QED) is 0.0920. The van der Waals surface area contributed by atoms with E-state index in [4.69, 9.17) is 18.0 Å². The average Bonchev–Trinajstić information content (AvgIpc) is 2.91. The summed E-state index contributed by atoms with van der Waals surface area (Å²) in [5, 5.41) is 28.8. The van der Waals surface area contributed by atoms with Gasteiger partial charge in [0.05, 0.1) is 27.7 Å². The van der Waals surface area contributed by atoms with Gasteiger partial charge in [0.15, 0.2) is 0 Å². The number of aromatic nitrogens is 6. The minimum atomic E-state index is -4.64. The van der Waals surface area contributed by atoms with Crippen molar-refractivity contribution < 1.29 is 70.7 Å². The number of nitrogens with one attached hydrogen (secondary N) is 1. The summed E-state index contributed by atoms with van der Waals surface area (Å²) in [6.07, 6.45) is -19.6. The van der Waals surface area contributed by atoms with Gasteiger partial charge in [-0.15, -0.1) is 35.7 Å². The molecule has 3 aromatic heterocycles. The maximum Gasteiger partial charge on any atom is 0.416 e. The number of rotatable bonds is 12. The predicted octanol–water partition coefficient (Wildman–Crippen LogP) is 16.3. The Labute approximate surface area is 471 Å². The van der Waals surface area contributed by atoms with Crippen LogP contribution in [0.15, 0.2) is 212 Å². The Bertz CT molecular complexity index is 3930. The number of alkyl halides is 12. The van der Waals surface area contributed by atoms with Crippen LogP contribution >= 0.6 is 0 Å². The monoisotopic (exact) mass is 1170 g/mol. The summed E-state index contributed by atoms with van der Waals surface area (Å²) in [5.74, 6) is -0.606. The molecule has 12 rings (SSSR count). The number of benzene rings is 8. The molecule has 0 bridgehead atoms. The lowest BCUT2D eigenvalue weighted by atomic mass is 9.65. The van der Waals surface area contributed by atoms with Gasteiger partial charge in [-0.3, -0.25) is 5.43 Å². The van der Waals surface area contributed by atoms with E-state index in [1.807, 2.05) is 0 Å². The fourth-order valence-electron chi connectivity index (χ4n) is 9.74. The van der Waals surface area contributed by atoms with Crippen LogP contribution in [0.2, 0.25) is 0 Å². The first-order chi connectivity index (χ1) is 40.6. The maximum atomic E-state index is 13.7. The number of nitrogens with zero attached hydrogens (tertiary/aromatic N) is 7. The van der Waals surface area contributed by atoms with Gasteiger partial charge < -0.3 is 18.0 Å². The summed E-state index contributed by atoms with van der Waals surface area (Å²) in [7, 11) is 0. The molecule has 0 aliphatic carbocycles. The summed E-state index contributed by atoms with van der Waals surface area (Å²) >= 11 is 0. The highest BCUT2D eigenvalue weighted by molar-refractivity contribution is 5.95. The van der Waals surface area contributed by atoms with E-state index >= 15 is 0 Å². The number of hydrogen-bond acceptors (Lipinski definition) is 12. The van der Waals surface area contributed by atoms with Crippen LogP contribution in [-0.4, -0.2) is 36.5 Å². The number of hydrogen-bond donors (Lipinski definition) is 1. The van der Waals surface area contributed by atoms with Crippen LogP contribution in [0.25, 0.3) is 68.7 Å². The second-order valence-corrected chi connectivity index (χ2v) is 19.2. The summed E-state index contributed by atoms with van der Waals surface area (Å²) in [6, 6.07) is 45.2. The first-order valence-corrected chi connectivity index (χ1v) is 25.2. The lowest BCUT2D eigenvalue weighted by molar-refractivity contribution is -0.138. The molecule has 426 valence electrons. The van der Waals surface area contributed by atoms with Gasteiger partial charge in [-0.25, -0.2) is 0 Å². The molecular weight excluding hydrogens is 1140 g/mol. The molecule has 0 saturated carbocycles. The van der Waals surface area contributed by atoms with E-state index in [-0.39, 0.29) is 63.5 Å². The zero-order valence-electron chi connectivity index (χ0n) is 42.9. The van der Waals surface area contributed by atoms with Crippen molar-refractivity contribution in [3.8, 4) is 68.7 Å². The molecule has 4 heterocycles. The maximum absolute atomic E-state index is 13.7. The van der Waals surface area contributed by atoms with Gasteiger partial charge in [0.25, 0.3) is 0 Å². The van der Waals surface area contributed by atoms with Crippen LogP contribution in [0.3, 0.4) is 0 Å². The number of halogens is 12. The molecule has 1 N–H and O–H groups in total. The largest absolute Gasteiger partial charge is 0.446 e. The topological polar surface area (TPSA) is 150 Å². The predicted molar refractivity (Wildman–Crippen MR) is 281 cm³/mol. The van der Waals surface area contributed by atoms with Crippen molar-refractivity contribution in [1.82, 2.24) is 36.0 Å². The van der Waals surface area contributed by atoms with Gasteiger partial charge in [0.2, 0.25) is 47.5 Å². The normalized spacial score (nSPS) is 14.0. The van der Waals surface area contributed by atoms with Crippen LogP contribution < -0.4 is 5.43 Å². The zero-order chi connectivity index (χ0) is 59.5. The molecule has 1 aliphatic rings. The third-order valence-electron chi connectivity index (χ3n) is 13.9. The molecule has 0 saturated heterocycles. The summed E-state index contributed by atoms with van der Waals surface area (Å²) in [5.41, 5.74) is 1.72. The van der Waals surface area contributed by atoms with Gasteiger partial charge in [-0.05, 0) is 138 Å². The lowest BCUT2D eigenvalue weighted by Crippen LogP contribution is -2.31. The Morgan fingerprint density at radius 3 is 0.894 bits per heavy atom. The summed E-state index contributed by atoms with van der Waals surface area (Å²) in [4.78, 5) is 0. The minimum Gasteiger partial charge on any atom is -0.446 e. The number of hydrazone groups is 1. The van der Waals surface area contributed by atoms with E-state index in [0.29, 0.717) is 44.5 Å². The summed E-state index contributed by atoms with van der Waals surface area (Å²) < 4.78 is 188. The molecule has 0 amide bonds. The fourth-order valence-corrected chi connectivity index (χ4v) is 9.74. The SMILES string of the molecule is FC(F)(F)c1cccc(-c2nnc(-c3ccc(C(c4ccc(C5=NNC(c6cccc(C(F)(F)F)c6)O5)cc4)(c4ccc(-c5nnc(-c6cccc(C(F)(F)F)c6)o5)cc4)c4ccc(-c5nnc(-c6cccc(C(F)(F)F)c6)o5)cc4)cc3)o2)c1. The first-order valence-electron chi connectivity index (χ1n) is 25.2. The van der Waals surface area contributed by atoms with Gasteiger partial charge in [0, 0.05) is 44.5 Å². The van der Waals surface area contributed by atoms with Crippen molar-refractivity contribution in [3.63, 3.8) is 0 Å². The molecule has 0 fully saturated rings. The van der Waals surface area contributed by atoms with Crippen molar-refractivity contribution in [2.45, 2.75) is 36.3 Å². The third-order valence-corrected chi connectivity index (χ3v) is 13.9. The van der Waals surface area contributed by atoms with E-state index in [1.54, 1.807) is 97.1 Å². The molecule has 0 radical (unpaired) electrons. The van der Waals surface area contributed by atoms with Gasteiger partial charge >= 0.3 is 24.7 Å².